The molecule has 0 saturated heterocycles. The van der Waals surface area contributed by atoms with E-state index < -0.39 is 0 Å². The fourth-order valence-corrected chi connectivity index (χ4v) is 2.53. The van der Waals surface area contributed by atoms with Crippen molar-refractivity contribution in [3.05, 3.63) is 59.2 Å². The van der Waals surface area contributed by atoms with Crippen LogP contribution in [0.15, 0.2) is 42.5 Å². The van der Waals surface area contributed by atoms with Crippen LogP contribution in [0.1, 0.15) is 44.4 Å². The van der Waals surface area contributed by atoms with Crippen molar-refractivity contribution in [3.8, 4) is 11.1 Å². The van der Waals surface area contributed by atoms with Crippen LogP contribution in [-0.2, 0) is 11.8 Å². The molecule has 2 aromatic carbocycles. The first-order valence-electron chi connectivity index (χ1n) is 7.13. The van der Waals surface area contributed by atoms with Crippen LogP contribution in [0.5, 0.6) is 0 Å². The predicted molar refractivity (Wildman–Crippen MR) is 84.7 cm³/mol. The highest BCUT2D eigenvalue weighted by Gasteiger charge is 2.13. The Bertz CT molecular complexity index is 554. The summed E-state index contributed by atoms with van der Waals surface area (Å²) in [6.45, 7) is 11.2. The van der Waals surface area contributed by atoms with Gasteiger partial charge in [0, 0.05) is 0 Å². The maximum Gasteiger partial charge on any atom is -0.0132 e. The first-order valence-corrected chi connectivity index (χ1v) is 7.13. The van der Waals surface area contributed by atoms with Crippen molar-refractivity contribution in [1.29, 1.82) is 0 Å². The molecule has 19 heavy (non-hydrogen) atoms. The van der Waals surface area contributed by atoms with Crippen molar-refractivity contribution in [2.24, 2.45) is 0 Å². The van der Waals surface area contributed by atoms with Gasteiger partial charge in [0.25, 0.3) is 0 Å². The summed E-state index contributed by atoms with van der Waals surface area (Å²) >= 11 is 0. The molecular weight excluding hydrogens is 228 g/mol. The Hall–Kier alpha value is -1.56. The van der Waals surface area contributed by atoms with Crippen LogP contribution < -0.4 is 0 Å². The van der Waals surface area contributed by atoms with Crippen LogP contribution in [0, 0.1) is 6.92 Å². The molecule has 0 saturated carbocycles. The summed E-state index contributed by atoms with van der Waals surface area (Å²) in [5.74, 6) is 0. The molecule has 0 heterocycles. The summed E-state index contributed by atoms with van der Waals surface area (Å²) in [4.78, 5) is 0. The lowest BCUT2D eigenvalue weighted by molar-refractivity contribution is 0.590. The largest absolute Gasteiger partial charge is 0.0614 e. The van der Waals surface area contributed by atoms with Gasteiger partial charge in [-0.15, -0.1) is 0 Å². The molecule has 0 nitrogen and oxygen atoms in total. The highest BCUT2D eigenvalue weighted by Crippen LogP contribution is 2.29. The molecule has 0 amide bonds. The van der Waals surface area contributed by atoms with Gasteiger partial charge in [-0.05, 0) is 46.6 Å². The zero-order valence-electron chi connectivity index (χ0n) is 12.7. The Labute approximate surface area is 117 Å². The summed E-state index contributed by atoms with van der Waals surface area (Å²) in [6.07, 6.45) is 1.10. The molecule has 2 rings (SSSR count). The Balaban J connectivity index is 2.43. The summed E-state index contributed by atoms with van der Waals surface area (Å²) < 4.78 is 0. The second kappa shape index (κ2) is 5.21. The van der Waals surface area contributed by atoms with E-state index in [4.69, 9.17) is 0 Å². The summed E-state index contributed by atoms with van der Waals surface area (Å²) in [5, 5.41) is 0. The lowest BCUT2D eigenvalue weighted by Gasteiger charge is -2.19. The topological polar surface area (TPSA) is 0 Å². The van der Waals surface area contributed by atoms with Crippen molar-refractivity contribution in [2.75, 3.05) is 0 Å². The van der Waals surface area contributed by atoms with E-state index in [1.165, 1.54) is 27.8 Å². The Morgan fingerprint density at radius 3 is 2.05 bits per heavy atom. The monoisotopic (exact) mass is 252 g/mol. The van der Waals surface area contributed by atoms with Crippen LogP contribution in [0.25, 0.3) is 11.1 Å². The van der Waals surface area contributed by atoms with Crippen LogP contribution in [0.3, 0.4) is 0 Å². The molecule has 0 heteroatoms. The van der Waals surface area contributed by atoms with Crippen LogP contribution >= 0.6 is 0 Å². The Morgan fingerprint density at radius 2 is 1.53 bits per heavy atom. The number of rotatable bonds is 2. The van der Waals surface area contributed by atoms with Gasteiger partial charge in [-0.3, -0.25) is 0 Å². The molecule has 0 aliphatic heterocycles. The normalized spacial score (nSPS) is 11.6. The van der Waals surface area contributed by atoms with Gasteiger partial charge in [-0.25, -0.2) is 0 Å². The van der Waals surface area contributed by atoms with Crippen LogP contribution in [0.4, 0.5) is 0 Å². The molecule has 0 aromatic heterocycles. The van der Waals surface area contributed by atoms with E-state index in [0.29, 0.717) is 0 Å². The maximum atomic E-state index is 2.26. The second-order valence-electron chi connectivity index (χ2n) is 6.27. The number of hydrogen-bond donors (Lipinski definition) is 0. The third kappa shape index (κ3) is 2.89. The maximum absolute atomic E-state index is 2.26. The zero-order valence-corrected chi connectivity index (χ0v) is 12.7. The van der Waals surface area contributed by atoms with E-state index in [0.717, 1.165) is 6.42 Å². The standard InChI is InChI=1S/C19H24/c1-6-15-8-7-9-18(14(15)2)16-10-12-17(13-11-16)19(3,4)5/h7-13H,6H2,1-5H3. The van der Waals surface area contributed by atoms with E-state index in [2.05, 4.69) is 77.1 Å². The SMILES string of the molecule is CCc1cccc(-c2ccc(C(C)(C)C)cc2)c1C. The molecule has 0 N–H and O–H groups in total. The molecule has 0 unspecified atom stereocenters. The van der Waals surface area contributed by atoms with Crippen molar-refractivity contribution in [3.63, 3.8) is 0 Å². The van der Waals surface area contributed by atoms with E-state index in [-0.39, 0.29) is 5.41 Å². The first kappa shape index (κ1) is 13.9. The molecule has 100 valence electrons. The Kier molecular flexibility index (Phi) is 3.80. The highest BCUT2D eigenvalue weighted by molar-refractivity contribution is 5.68. The van der Waals surface area contributed by atoms with E-state index in [1.54, 1.807) is 0 Å². The predicted octanol–water partition coefficient (Wildman–Crippen LogP) is 5.52. The molecule has 0 atom stereocenters. The van der Waals surface area contributed by atoms with Crippen LogP contribution in [-0.4, -0.2) is 0 Å². The quantitative estimate of drug-likeness (QED) is 0.660. The fraction of sp³-hybridized carbons (Fsp3) is 0.368. The number of hydrogen-bond acceptors (Lipinski definition) is 0. The Morgan fingerprint density at radius 1 is 0.895 bits per heavy atom. The van der Waals surface area contributed by atoms with Crippen molar-refractivity contribution in [2.45, 2.75) is 46.5 Å². The zero-order chi connectivity index (χ0) is 14.0. The first-order chi connectivity index (χ1) is 8.93. The summed E-state index contributed by atoms with van der Waals surface area (Å²) in [6, 6.07) is 15.6. The average molecular weight is 252 g/mol. The van der Waals surface area contributed by atoms with Crippen molar-refractivity contribution in [1.82, 2.24) is 0 Å². The molecule has 0 spiro atoms. The minimum Gasteiger partial charge on any atom is -0.0614 e. The van der Waals surface area contributed by atoms with E-state index in [9.17, 15) is 0 Å². The third-order valence-corrected chi connectivity index (χ3v) is 3.89. The average Bonchev–Trinajstić information content (AvgIpc) is 2.38. The van der Waals surface area contributed by atoms with Gasteiger partial charge in [0.05, 0.1) is 0 Å². The third-order valence-electron chi connectivity index (χ3n) is 3.89. The minimum absolute atomic E-state index is 0.221. The molecule has 0 bridgehead atoms. The number of benzene rings is 2. The lowest BCUT2D eigenvalue weighted by atomic mass is 9.85. The molecular formula is C19H24. The van der Waals surface area contributed by atoms with Gasteiger partial charge in [-0.2, -0.15) is 0 Å². The lowest BCUT2D eigenvalue weighted by Crippen LogP contribution is -2.10. The summed E-state index contributed by atoms with van der Waals surface area (Å²) in [7, 11) is 0. The second-order valence-corrected chi connectivity index (χ2v) is 6.27. The molecule has 0 aliphatic carbocycles. The molecule has 2 aromatic rings. The van der Waals surface area contributed by atoms with Gasteiger partial charge in [0.1, 0.15) is 0 Å². The molecule has 0 fully saturated rings. The van der Waals surface area contributed by atoms with E-state index in [1.807, 2.05) is 0 Å². The van der Waals surface area contributed by atoms with Gasteiger partial charge in [0.15, 0.2) is 0 Å². The molecule has 0 radical (unpaired) electrons. The molecule has 0 aliphatic rings. The number of aryl methyl sites for hydroxylation is 1. The van der Waals surface area contributed by atoms with E-state index >= 15 is 0 Å². The van der Waals surface area contributed by atoms with Crippen molar-refractivity contribution >= 4 is 0 Å². The van der Waals surface area contributed by atoms with Crippen LogP contribution in [0.2, 0.25) is 0 Å². The van der Waals surface area contributed by atoms with Crippen molar-refractivity contribution < 1.29 is 0 Å². The van der Waals surface area contributed by atoms with Gasteiger partial charge in [0.2, 0.25) is 0 Å². The van der Waals surface area contributed by atoms with Gasteiger partial charge < -0.3 is 0 Å². The minimum atomic E-state index is 0.221. The fourth-order valence-electron chi connectivity index (χ4n) is 2.53. The van der Waals surface area contributed by atoms with Gasteiger partial charge >= 0.3 is 0 Å². The smallest absolute Gasteiger partial charge is 0.0132 e. The highest BCUT2D eigenvalue weighted by atomic mass is 14.2. The van der Waals surface area contributed by atoms with Gasteiger partial charge in [-0.1, -0.05) is 70.2 Å². The summed E-state index contributed by atoms with van der Waals surface area (Å²) in [5.41, 5.74) is 7.14.